The largest absolute Gasteiger partial charge is 0.291 e. The van der Waals surface area contributed by atoms with Gasteiger partial charge in [-0.05, 0) is 48.9 Å². The average Bonchev–Trinajstić information content (AvgIpc) is 2.44. The molecule has 1 aromatic carbocycles. The molecule has 3 rings (SSSR count). The molecule has 0 N–H and O–H groups in total. The first-order valence-corrected chi connectivity index (χ1v) is 6.98. The van der Waals surface area contributed by atoms with Gasteiger partial charge < -0.3 is 0 Å². The lowest BCUT2D eigenvalue weighted by Gasteiger charge is -2.16. The monoisotopic (exact) mass is 294 g/mol. The van der Waals surface area contributed by atoms with Crippen LogP contribution in [0.2, 0.25) is 10.0 Å². The van der Waals surface area contributed by atoms with Crippen molar-refractivity contribution in [3.63, 3.8) is 0 Å². The second kappa shape index (κ2) is 4.99. The van der Waals surface area contributed by atoms with Crippen LogP contribution in [0.25, 0.3) is 5.69 Å². The van der Waals surface area contributed by atoms with Gasteiger partial charge in [0.2, 0.25) is 0 Å². The van der Waals surface area contributed by atoms with Crippen LogP contribution in [0.4, 0.5) is 0 Å². The molecular weight excluding hydrogens is 283 g/mol. The van der Waals surface area contributed by atoms with E-state index in [9.17, 15) is 4.79 Å². The SMILES string of the molecule is O=c1c(Cl)c(Cl)cnn1-c1ccc2c(c1)CCCC2. The number of benzene rings is 1. The zero-order chi connectivity index (χ0) is 13.4. The lowest BCUT2D eigenvalue weighted by atomic mass is 9.91. The summed E-state index contributed by atoms with van der Waals surface area (Å²) in [7, 11) is 0. The molecule has 3 nitrogen and oxygen atoms in total. The molecule has 1 aliphatic carbocycles. The van der Waals surface area contributed by atoms with E-state index in [0.717, 1.165) is 18.5 Å². The first kappa shape index (κ1) is 12.7. The standard InChI is InChI=1S/C14H12Cl2N2O/c15-12-8-17-18(14(19)13(12)16)11-6-5-9-3-1-2-4-10(9)7-11/h5-8H,1-4H2. The van der Waals surface area contributed by atoms with E-state index in [1.165, 1.54) is 34.8 Å². The quantitative estimate of drug-likeness (QED) is 0.808. The van der Waals surface area contributed by atoms with Gasteiger partial charge in [0.25, 0.3) is 5.56 Å². The topological polar surface area (TPSA) is 34.9 Å². The van der Waals surface area contributed by atoms with Crippen LogP contribution >= 0.6 is 23.2 Å². The fraction of sp³-hybridized carbons (Fsp3) is 0.286. The van der Waals surface area contributed by atoms with E-state index in [1.807, 2.05) is 12.1 Å². The molecule has 1 aliphatic rings. The maximum atomic E-state index is 12.0. The van der Waals surface area contributed by atoms with Crippen LogP contribution < -0.4 is 5.56 Å². The van der Waals surface area contributed by atoms with Crippen molar-refractivity contribution < 1.29 is 0 Å². The molecule has 0 spiro atoms. The molecule has 0 radical (unpaired) electrons. The molecule has 0 bridgehead atoms. The first-order chi connectivity index (χ1) is 9.16. The van der Waals surface area contributed by atoms with Gasteiger partial charge in [-0.2, -0.15) is 9.78 Å². The maximum Gasteiger partial charge on any atom is 0.291 e. The molecule has 0 saturated carbocycles. The smallest absolute Gasteiger partial charge is 0.266 e. The van der Waals surface area contributed by atoms with E-state index in [4.69, 9.17) is 23.2 Å². The summed E-state index contributed by atoms with van der Waals surface area (Å²) in [4.78, 5) is 12.0. The Labute approximate surface area is 120 Å². The third-order valence-electron chi connectivity index (χ3n) is 3.45. The van der Waals surface area contributed by atoms with Gasteiger partial charge in [-0.1, -0.05) is 29.3 Å². The Morgan fingerprint density at radius 3 is 2.63 bits per heavy atom. The Hall–Kier alpha value is -1.32. The molecule has 0 fully saturated rings. The van der Waals surface area contributed by atoms with E-state index in [0.29, 0.717) is 0 Å². The maximum absolute atomic E-state index is 12.0. The number of aryl methyl sites for hydroxylation is 2. The van der Waals surface area contributed by atoms with E-state index in [1.54, 1.807) is 0 Å². The number of rotatable bonds is 1. The zero-order valence-electron chi connectivity index (χ0n) is 10.2. The molecule has 1 aromatic heterocycles. The molecule has 0 aliphatic heterocycles. The summed E-state index contributed by atoms with van der Waals surface area (Å²) in [6, 6.07) is 6.00. The van der Waals surface area contributed by atoms with Crippen molar-refractivity contribution in [3.05, 3.63) is 55.9 Å². The molecule has 1 heterocycles. The second-order valence-electron chi connectivity index (χ2n) is 4.68. The number of nitrogens with zero attached hydrogens (tertiary/aromatic N) is 2. The number of aromatic nitrogens is 2. The summed E-state index contributed by atoms with van der Waals surface area (Å²) in [5.74, 6) is 0. The molecule has 5 heteroatoms. The zero-order valence-corrected chi connectivity index (χ0v) is 11.7. The van der Waals surface area contributed by atoms with Gasteiger partial charge in [-0.3, -0.25) is 4.79 Å². The fourth-order valence-electron chi connectivity index (χ4n) is 2.45. The van der Waals surface area contributed by atoms with Gasteiger partial charge in [0.15, 0.2) is 0 Å². The minimum absolute atomic E-state index is 0.00869. The Morgan fingerprint density at radius 2 is 1.84 bits per heavy atom. The molecule has 19 heavy (non-hydrogen) atoms. The summed E-state index contributed by atoms with van der Waals surface area (Å²) in [5, 5.41) is 4.24. The minimum atomic E-state index is -0.384. The highest BCUT2D eigenvalue weighted by Crippen LogP contribution is 2.23. The Kier molecular flexibility index (Phi) is 3.33. The molecule has 0 saturated heterocycles. The highest BCUT2D eigenvalue weighted by molar-refractivity contribution is 6.41. The van der Waals surface area contributed by atoms with Crippen molar-refractivity contribution in [1.29, 1.82) is 0 Å². The fourth-order valence-corrected chi connectivity index (χ4v) is 2.70. The average molecular weight is 295 g/mol. The van der Waals surface area contributed by atoms with E-state index >= 15 is 0 Å². The van der Waals surface area contributed by atoms with Crippen LogP contribution in [0.1, 0.15) is 24.0 Å². The normalized spacial score (nSPS) is 14.2. The van der Waals surface area contributed by atoms with Gasteiger partial charge in [0, 0.05) is 0 Å². The van der Waals surface area contributed by atoms with Crippen molar-refractivity contribution >= 4 is 23.2 Å². The van der Waals surface area contributed by atoms with Crippen molar-refractivity contribution in [3.8, 4) is 5.69 Å². The van der Waals surface area contributed by atoms with Crippen LogP contribution in [0.15, 0.2) is 29.2 Å². The van der Waals surface area contributed by atoms with Gasteiger partial charge in [0.05, 0.1) is 16.9 Å². The lowest BCUT2D eigenvalue weighted by molar-refractivity contribution is 0.683. The van der Waals surface area contributed by atoms with Gasteiger partial charge in [-0.15, -0.1) is 0 Å². The lowest BCUT2D eigenvalue weighted by Crippen LogP contribution is -2.21. The highest BCUT2D eigenvalue weighted by atomic mass is 35.5. The number of fused-ring (bicyclic) bond motifs is 1. The van der Waals surface area contributed by atoms with Crippen molar-refractivity contribution in [1.82, 2.24) is 9.78 Å². The predicted octanol–water partition coefficient (Wildman–Crippen LogP) is 3.42. The molecule has 0 amide bonds. The minimum Gasteiger partial charge on any atom is -0.266 e. The first-order valence-electron chi connectivity index (χ1n) is 6.22. The van der Waals surface area contributed by atoms with Crippen molar-refractivity contribution in [2.24, 2.45) is 0 Å². The summed E-state index contributed by atoms with van der Waals surface area (Å²) in [6.45, 7) is 0. The van der Waals surface area contributed by atoms with Crippen LogP contribution in [-0.2, 0) is 12.8 Å². The van der Waals surface area contributed by atoms with Crippen LogP contribution in [0.5, 0.6) is 0 Å². The van der Waals surface area contributed by atoms with Crippen LogP contribution in [-0.4, -0.2) is 9.78 Å². The third-order valence-corrected chi connectivity index (χ3v) is 4.20. The molecule has 0 atom stereocenters. The van der Waals surface area contributed by atoms with Gasteiger partial charge in [0.1, 0.15) is 5.02 Å². The Morgan fingerprint density at radius 1 is 1.11 bits per heavy atom. The second-order valence-corrected chi connectivity index (χ2v) is 5.47. The van der Waals surface area contributed by atoms with Gasteiger partial charge >= 0.3 is 0 Å². The summed E-state index contributed by atoms with van der Waals surface area (Å²) < 4.78 is 1.29. The Bertz CT molecular complexity index is 694. The molecule has 0 unspecified atom stereocenters. The van der Waals surface area contributed by atoms with Crippen LogP contribution in [0, 0.1) is 0 Å². The summed E-state index contributed by atoms with van der Waals surface area (Å²) in [6.07, 6.45) is 5.99. The van der Waals surface area contributed by atoms with Crippen molar-refractivity contribution in [2.75, 3.05) is 0 Å². The Balaban J connectivity index is 2.13. The number of halogens is 2. The predicted molar refractivity (Wildman–Crippen MR) is 76.5 cm³/mol. The molecule has 98 valence electrons. The van der Waals surface area contributed by atoms with E-state index in [2.05, 4.69) is 11.2 Å². The number of hydrogen-bond acceptors (Lipinski definition) is 2. The third kappa shape index (κ3) is 2.28. The van der Waals surface area contributed by atoms with E-state index in [-0.39, 0.29) is 15.6 Å². The summed E-state index contributed by atoms with van der Waals surface area (Å²) in [5.41, 5.74) is 3.01. The van der Waals surface area contributed by atoms with Crippen molar-refractivity contribution in [2.45, 2.75) is 25.7 Å². The number of hydrogen-bond donors (Lipinski definition) is 0. The van der Waals surface area contributed by atoms with E-state index < -0.39 is 0 Å². The molecule has 2 aromatic rings. The van der Waals surface area contributed by atoms with Crippen LogP contribution in [0.3, 0.4) is 0 Å². The molecular formula is C14H12Cl2N2O. The van der Waals surface area contributed by atoms with Gasteiger partial charge in [-0.25, -0.2) is 0 Å². The summed E-state index contributed by atoms with van der Waals surface area (Å²) >= 11 is 11.7. The highest BCUT2D eigenvalue weighted by Gasteiger charge is 2.13.